The molecule has 2 N–H and O–H groups in total. The number of hydrogen-bond donors (Lipinski definition) is 2. The van der Waals surface area contributed by atoms with Crippen molar-refractivity contribution >= 4 is 43.7 Å². The molecule has 4 nitrogen and oxygen atoms in total. The molecule has 2 rings (SSSR count). The van der Waals surface area contributed by atoms with E-state index in [2.05, 4.69) is 84.3 Å². The Bertz CT molecular complexity index is 834. The zero-order valence-electron chi connectivity index (χ0n) is 17.0. The third kappa shape index (κ3) is 5.45. The lowest BCUT2D eigenvalue weighted by Crippen LogP contribution is -2.41. The fraction of sp³-hybridized carbons (Fsp3) is 0.364. The molecule has 6 heteroatoms. The van der Waals surface area contributed by atoms with Crippen molar-refractivity contribution in [3.05, 3.63) is 67.6 Å². The predicted molar refractivity (Wildman–Crippen MR) is 121 cm³/mol. The summed E-state index contributed by atoms with van der Waals surface area (Å²) in [6, 6.07) is 10.9. The fourth-order valence-corrected chi connectivity index (χ4v) is 4.73. The Balaban J connectivity index is 2.08. The van der Waals surface area contributed by atoms with Crippen molar-refractivity contribution in [2.45, 2.75) is 52.4 Å². The van der Waals surface area contributed by atoms with Gasteiger partial charge in [-0.05, 0) is 46.2 Å². The zero-order valence-corrected chi connectivity index (χ0v) is 20.2. The highest BCUT2D eigenvalue weighted by Crippen LogP contribution is 2.31. The van der Waals surface area contributed by atoms with Crippen molar-refractivity contribution in [1.29, 1.82) is 0 Å². The van der Waals surface area contributed by atoms with E-state index in [1.54, 1.807) is 24.3 Å². The van der Waals surface area contributed by atoms with Crippen LogP contribution in [0.25, 0.3) is 0 Å². The van der Waals surface area contributed by atoms with E-state index in [1.807, 2.05) is 12.1 Å². The molecule has 2 amide bonds. The van der Waals surface area contributed by atoms with Crippen LogP contribution in [0.3, 0.4) is 0 Å². The molecule has 28 heavy (non-hydrogen) atoms. The maximum atomic E-state index is 12.4. The van der Waals surface area contributed by atoms with E-state index in [4.69, 9.17) is 0 Å². The van der Waals surface area contributed by atoms with E-state index in [9.17, 15) is 9.59 Å². The quantitative estimate of drug-likeness (QED) is 0.496. The summed E-state index contributed by atoms with van der Waals surface area (Å²) in [5.41, 5.74) is 8.02. The van der Waals surface area contributed by atoms with Crippen molar-refractivity contribution in [2.24, 2.45) is 0 Å². The van der Waals surface area contributed by atoms with E-state index < -0.39 is 0 Å². The SMILES string of the molecule is CC(C)(C)c1ccc(C(=O)NNC(=O)c2ccc(C(C)(C)C)c(Br)c2)cc1Br. The first-order chi connectivity index (χ1) is 12.8. The van der Waals surface area contributed by atoms with Gasteiger partial charge in [-0.1, -0.05) is 85.5 Å². The van der Waals surface area contributed by atoms with Gasteiger partial charge in [0.1, 0.15) is 0 Å². The second-order valence-corrected chi connectivity index (χ2v) is 10.5. The number of carbonyl (C=O) groups excluding carboxylic acids is 2. The third-order valence-electron chi connectivity index (χ3n) is 4.37. The van der Waals surface area contributed by atoms with Crippen LogP contribution in [0.5, 0.6) is 0 Å². The molecule has 0 heterocycles. The van der Waals surface area contributed by atoms with Gasteiger partial charge < -0.3 is 0 Å². The third-order valence-corrected chi connectivity index (χ3v) is 5.68. The van der Waals surface area contributed by atoms with Gasteiger partial charge in [-0.25, -0.2) is 0 Å². The molecule has 0 atom stereocenters. The monoisotopic (exact) mass is 508 g/mol. The van der Waals surface area contributed by atoms with E-state index in [1.165, 1.54) is 0 Å². The molecule has 0 aliphatic rings. The number of hydrogen-bond acceptors (Lipinski definition) is 2. The van der Waals surface area contributed by atoms with E-state index in [0.717, 1.165) is 20.1 Å². The second kappa shape index (κ2) is 8.37. The zero-order chi connectivity index (χ0) is 21.3. The van der Waals surface area contributed by atoms with Crippen LogP contribution in [0.2, 0.25) is 0 Å². The summed E-state index contributed by atoms with van der Waals surface area (Å²) < 4.78 is 1.72. The Kier molecular flexibility index (Phi) is 6.77. The number of amides is 2. The summed E-state index contributed by atoms with van der Waals surface area (Å²) in [6.45, 7) is 12.6. The summed E-state index contributed by atoms with van der Waals surface area (Å²) in [5, 5.41) is 0. The number of hydrazine groups is 1. The van der Waals surface area contributed by atoms with Crippen LogP contribution in [-0.4, -0.2) is 11.8 Å². The minimum Gasteiger partial charge on any atom is -0.267 e. The first kappa shape index (κ1) is 22.6. The summed E-state index contributed by atoms with van der Waals surface area (Å²) in [5.74, 6) is -0.750. The molecule has 0 saturated heterocycles. The molecule has 0 spiro atoms. The molecule has 0 aromatic heterocycles. The van der Waals surface area contributed by atoms with Crippen molar-refractivity contribution in [2.75, 3.05) is 0 Å². The lowest BCUT2D eigenvalue weighted by Gasteiger charge is -2.21. The molecule has 0 fully saturated rings. The highest BCUT2D eigenvalue weighted by atomic mass is 79.9. The standard InChI is InChI=1S/C22H26Br2N2O2/c1-21(2,3)15-9-7-13(11-17(15)23)19(27)25-26-20(28)14-8-10-16(18(24)12-14)22(4,5)6/h7-12H,1-6H3,(H,25,27)(H,26,28). The average molecular weight is 510 g/mol. The Morgan fingerprint density at radius 1 is 0.679 bits per heavy atom. The van der Waals surface area contributed by atoms with Gasteiger partial charge in [-0.15, -0.1) is 0 Å². The summed E-state index contributed by atoms with van der Waals surface area (Å²) in [6.07, 6.45) is 0. The van der Waals surface area contributed by atoms with Crippen LogP contribution in [0.15, 0.2) is 45.3 Å². The fourth-order valence-electron chi connectivity index (χ4n) is 2.79. The number of nitrogens with one attached hydrogen (secondary N) is 2. The molecular weight excluding hydrogens is 484 g/mol. The molecule has 2 aromatic carbocycles. The van der Waals surface area contributed by atoms with Gasteiger partial charge in [0, 0.05) is 20.1 Å². The Morgan fingerprint density at radius 3 is 1.25 bits per heavy atom. The number of halogens is 2. The second-order valence-electron chi connectivity index (χ2n) is 8.80. The Labute approximate surface area is 183 Å². The van der Waals surface area contributed by atoms with Gasteiger partial charge in [-0.2, -0.15) is 0 Å². The molecule has 0 unspecified atom stereocenters. The van der Waals surface area contributed by atoms with E-state index in [0.29, 0.717) is 11.1 Å². The van der Waals surface area contributed by atoms with Gasteiger partial charge in [-0.3, -0.25) is 20.4 Å². The highest BCUT2D eigenvalue weighted by molar-refractivity contribution is 9.10. The predicted octanol–water partition coefficient (Wildman–Crippen LogP) is 5.88. The van der Waals surface area contributed by atoms with Crippen LogP contribution in [0.1, 0.15) is 73.4 Å². The molecule has 0 radical (unpaired) electrons. The normalized spacial score (nSPS) is 11.9. The van der Waals surface area contributed by atoms with Gasteiger partial charge in [0.25, 0.3) is 11.8 Å². The maximum absolute atomic E-state index is 12.4. The minimum atomic E-state index is -0.375. The van der Waals surface area contributed by atoms with Gasteiger partial charge in [0.15, 0.2) is 0 Å². The molecule has 0 saturated carbocycles. The topological polar surface area (TPSA) is 58.2 Å². The number of rotatable bonds is 2. The number of benzene rings is 2. The van der Waals surface area contributed by atoms with Crippen LogP contribution in [0, 0.1) is 0 Å². The van der Waals surface area contributed by atoms with Gasteiger partial charge in [0.2, 0.25) is 0 Å². The van der Waals surface area contributed by atoms with Gasteiger partial charge >= 0.3 is 0 Å². The van der Waals surface area contributed by atoms with Crippen molar-refractivity contribution < 1.29 is 9.59 Å². The van der Waals surface area contributed by atoms with Crippen molar-refractivity contribution in [1.82, 2.24) is 10.9 Å². The molecule has 150 valence electrons. The van der Waals surface area contributed by atoms with E-state index >= 15 is 0 Å². The van der Waals surface area contributed by atoms with Crippen LogP contribution >= 0.6 is 31.9 Å². The van der Waals surface area contributed by atoms with Crippen LogP contribution in [0.4, 0.5) is 0 Å². The summed E-state index contributed by atoms with van der Waals surface area (Å²) in [7, 11) is 0. The molecule has 2 aromatic rings. The smallest absolute Gasteiger partial charge is 0.267 e. The minimum absolute atomic E-state index is 0.0331. The number of carbonyl (C=O) groups is 2. The molecule has 0 aliphatic carbocycles. The molecule has 0 aliphatic heterocycles. The first-order valence-corrected chi connectivity index (χ1v) is 10.6. The Morgan fingerprint density at radius 2 is 1.00 bits per heavy atom. The summed E-state index contributed by atoms with van der Waals surface area (Å²) >= 11 is 7.05. The molecule has 0 bridgehead atoms. The first-order valence-electron chi connectivity index (χ1n) is 9.01. The lowest BCUT2D eigenvalue weighted by atomic mass is 9.86. The van der Waals surface area contributed by atoms with Gasteiger partial charge in [0.05, 0.1) is 0 Å². The average Bonchev–Trinajstić information content (AvgIpc) is 2.56. The van der Waals surface area contributed by atoms with Crippen LogP contribution in [-0.2, 0) is 10.8 Å². The lowest BCUT2D eigenvalue weighted by molar-refractivity contribution is 0.0846. The maximum Gasteiger partial charge on any atom is 0.269 e. The summed E-state index contributed by atoms with van der Waals surface area (Å²) in [4.78, 5) is 24.8. The highest BCUT2D eigenvalue weighted by Gasteiger charge is 2.20. The Hall–Kier alpha value is -1.66. The van der Waals surface area contributed by atoms with Crippen LogP contribution < -0.4 is 10.9 Å². The van der Waals surface area contributed by atoms with E-state index in [-0.39, 0.29) is 22.6 Å². The van der Waals surface area contributed by atoms with Crippen molar-refractivity contribution in [3.63, 3.8) is 0 Å². The van der Waals surface area contributed by atoms with Crippen molar-refractivity contribution in [3.8, 4) is 0 Å². The molecular formula is C22H26Br2N2O2. The largest absolute Gasteiger partial charge is 0.269 e.